The van der Waals surface area contributed by atoms with Crippen molar-refractivity contribution in [2.75, 3.05) is 11.9 Å². The molecule has 0 unspecified atom stereocenters. The lowest BCUT2D eigenvalue weighted by Crippen LogP contribution is -2.32. The third kappa shape index (κ3) is 4.24. The second kappa shape index (κ2) is 7.14. The molecule has 0 bridgehead atoms. The second-order valence-electron chi connectivity index (χ2n) is 4.37. The molecular formula is C14H16FN3O2S. The molecule has 7 heteroatoms. The highest BCUT2D eigenvalue weighted by Crippen LogP contribution is 2.17. The van der Waals surface area contributed by atoms with Crippen molar-refractivity contribution in [2.24, 2.45) is 0 Å². The number of nitrogens with one attached hydrogen (secondary N) is 2. The van der Waals surface area contributed by atoms with E-state index in [1.807, 2.05) is 12.3 Å². The summed E-state index contributed by atoms with van der Waals surface area (Å²) < 4.78 is 13.5. The Balaban J connectivity index is 1.85. The van der Waals surface area contributed by atoms with Crippen molar-refractivity contribution >= 4 is 22.5 Å². The molecule has 3 N–H and O–H groups in total. The molecule has 2 amide bonds. The Labute approximate surface area is 125 Å². The summed E-state index contributed by atoms with van der Waals surface area (Å²) in [5.74, 6) is -0.500. The molecule has 1 atom stereocenters. The van der Waals surface area contributed by atoms with Gasteiger partial charge in [-0.15, -0.1) is 11.3 Å². The van der Waals surface area contributed by atoms with Gasteiger partial charge < -0.3 is 10.4 Å². The van der Waals surface area contributed by atoms with Gasteiger partial charge in [-0.2, -0.15) is 0 Å². The summed E-state index contributed by atoms with van der Waals surface area (Å²) in [6, 6.07) is 5.43. The van der Waals surface area contributed by atoms with Crippen LogP contribution in [0.2, 0.25) is 0 Å². The zero-order valence-electron chi connectivity index (χ0n) is 11.5. The van der Waals surface area contributed by atoms with Crippen molar-refractivity contribution in [1.29, 1.82) is 0 Å². The smallest absolute Gasteiger partial charge is 0.321 e. The van der Waals surface area contributed by atoms with Gasteiger partial charge in [0.1, 0.15) is 5.82 Å². The highest BCUT2D eigenvalue weighted by molar-refractivity contribution is 7.13. The van der Waals surface area contributed by atoms with Crippen LogP contribution < -0.4 is 10.6 Å². The van der Waals surface area contributed by atoms with E-state index in [0.29, 0.717) is 5.13 Å². The molecule has 0 saturated carbocycles. The third-order valence-electron chi connectivity index (χ3n) is 2.85. The lowest BCUT2D eigenvalue weighted by atomic mass is 10.1. The fourth-order valence-electron chi connectivity index (χ4n) is 1.71. The Hall–Kier alpha value is -1.99. The number of urea groups is 1. The molecular weight excluding hydrogens is 293 g/mol. The summed E-state index contributed by atoms with van der Waals surface area (Å²) in [6.45, 7) is 1.89. The van der Waals surface area contributed by atoms with E-state index in [-0.39, 0.29) is 12.1 Å². The molecule has 1 aromatic heterocycles. The van der Waals surface area contributed by atoms with Gasteiger partial charge in [-0.3, -0.25) is 5.32 Å². The maximum atomic E-state index is 13.5. The van der Waals surface area contributed by atoms with E-state index < -0.39 is 18.0 Å². The number of benzene rings is 1. The highest BCUT2D eigenvalue weighted by Gasteiger charge is 2.13. The van der Waals surface area contributed by atoms with E-state index in [9.17, 15) is 14.3 Å². The van der Waals surface area contributed by atoms with Crippen molar-refractivity contribution in [1.82, 2.24) is 10.3 Å². The van der Waals surface area contributed by atoms with Crippen LogP contribution in [0.5, 0.6) is 0 Å². The number of halogens is 1. The molecule has 2 rings (SSSR count). The first-order valence-corrected chi connectivity index (χ1v) is 7.40. The lowest BCUT2D eigenvalue weighted by molar-refractivity contribution is 0.170. The maximum Gasteiger partial charge on any atom is 0.321 e. The van der Waals surface area contributed by atoms with Crippen LogP contribution in [0, 0.1) is 5.82 Å². The molecule has 0 fully saturated rings. The summed E-state index contributed by atoms with van der Waals surface area (Å²) in [4.78, 5) is 15.9. The number of thiazole rings is 1. The minimum Gasteiger partial charge on any atom is -0.386 e. The van der Waals surface area contributed by atoms with E-state index >= 15 is 0 Å². The van der Waals surface area contributed by atoms with Gasteiger partial charge in [0.25, 0.3) is 0 Å². The molecule has 2 aromatic rings. The number of aromatic nitrogens is 1. The average molecular weight is 309 g/mol. The van der Waals surface area contributed by atoms with Crippen molar-refractivity contribution in [3.8, 4) is 0 Å². The predicted molar refractivity (Wildman–Crippen MR) is 79.9 cm³/mol. The number of aliphatic hydroxyl groups excluding tert-OH is 1. The molecule has 0 radical (unpaired) electrons. The van der Waals surface area contributed by atoms with Crippen LogP contribution in [0.25, 0.3) is 0 Å². The molecule has 112 valence electrons. The molecule has 0 aliphatic carbocycles. The molecule has 21 heavy (non-hydrogen) atoms. The van der Waals surface area contributed by atoms with Crippen LogP contribution in [0.3, 0.4) is 0 Å². The van der Waals surface area contributed by atoms with Crippen LogP contribution in [0.1, 0.15) is 24.3 Å². The van der Waals surface area contributed by atoms with Crippen molar-refractivity contribution in [3.05, 3.63) is 46.7 Å². The first kappa shape index (κ1) is 15.4. The number of anilines is 1. The summed E-state index contributed by atoms with van der Waals surface area (Å²) in [7, 11) is 0. The zero-order chi connectivity index (χ0) is 15.2. The SMILES string of the molecule is CCc1csc(NC(=O)NC[C@@H](O)c2ccccc2F)n1. The van der Waals surface area contributed by atoms with E-state index in [1.54, 1.807) is 12.1 Å². The first-order valence-electron chi connectivity index (χ1n) is 6.52. The minimum absolute atomic E-state index is 0.0845. The summed E-state index contributed by atoms with van der Waals surface area (Å²) in [5, 5.41) is 17.3. The molecule has 0 spiro atoms. The zero-order valence-corrected chi connectivity index (χ0v) is 12.3. The van der Waals surface area contributed by atoms with Gasteiger partial charge in [0.2, 0.25) is 0 Å². The monoisotopic (exact) mass is 309 g/mol. The number of rotatable bonds is 5. The van der Waals surface area contributed by atoms with E-state index in [4.69, 9.17) is 0 Å². The molecule has 0 aliphatic rings. The summed E-state index contributed by atoms with van der Waals surface area (Å²) in [5.41, 5.74) is 1.06. The Bertz CT molecular complexity index is 618. The predicted octanol–water partition coefficient (Wildman–Crippen LogP) is 2.70. The normalized spacial score (nSPS) is 12.0. The standard InChI is InChI=1S/C14H16FN3O2S/c1-2-9-8-21-14(17-9)18-13(20)16-7-12(19)10-5-3-4-6-11(10)15/h3-6,8,12,19H,2,7H2,1H3,(H2,16,17,18,20)/t12-/m1/s1. The maximum absolute atomic E-state index is 13.5. The van der Waals surface area contributed by atoms with Gasteiger partial charge >= 0.3 is 6.03 Å². The molecule has 5 nitrogen and oxygen atoms in total. The third-order valence-corrected chi connectivity index (χ3v) is 3.66. The number of carbonyl (C=O) groups excluding carboxylic acids is 1. The van der Waals surface area contributed by atoms with E-state index in [2.05, 4.69) is 15.6 Å². The Kier molecular flexibility index (Phi) is 5.24. The van der Waals surface area contributed by atoms with Crippen molar-refractivity contribution in [2.45, 2.75) is 19.4 Å². The molecule has 1 aromatic carbocycles. The van der Waals surface area contributed by atoms with Gasteiger partial charge in [0.15, 0.2) is 5.13 Å². The van der Waals surface area contributed by atoms with E-state index in [1.165, 1.54) is 23.5 Å². The quantitative estimate of drug-likeness (QED) is 0.795. The topological polar surface area (TPSA) is 74.2 Å². The van der Waals surface area contributed by atoms with Crippen LogP contribution in [-0.4, -0.2) is 22.7 Å². The fourth-order valence-corrected chi connectivity index (χ4v) is 2.50. The largest absolute Gasteiger partial charge is 0.386 e. The van der Waals surface area contributed by atoms with Gasteiger partial charge in [-0.1, -0.05) is 25.1 Å². The molecule has 1 heterocycles. The Morgan fingerprint density at radius 3 is 2.90 bits per heavy atom. The number of aliphatic hydroxyl groups is 1. The van der Waals surface area contributed by atoms with Gasteiger partial charge in [0.05, 0.1) is 11.8 Å². The number of nitrogens with zero attached hydrogens (tertiary/aromatic N) is 1. The Morgan fingerprint density at radius 2 is 2.24 bits per heavy atom. The number of carbonyl (C=O) groups is 1. The van der Waals surface area contributed by atoms with Gasteiger partial charge in [-0.25, -0.2) is 14.2 Å². The average Bonchev–Trinajstić information content (AvgIpc) is 2.93. The number of amides is 2. The fraction of sp³-hybridized carbons (Fsp3) is 0.286. The van der Waals surface area contributed by atoms with E-state index in [0.717, 1.165) is 12.1 Å². The lowest BCUT2D eigenvalue weighted by Gasteiger charge is -2.12. The second-order valence-corrected chi connectivity index (χ2v) is 5.23. The number of hydrogen-bond donors (Lipinski definition) is 3. The van der Waals surface area contributed by atoms with Crippen LogP contribution in [0.4, 0.5) is 14.3 Å². The molecule has 0 aliphatic heterocycles. The van der Waals surface area contributed by atoms with Gasteiger partial charge in [0, 0.05) is 17.5 Å². The number of aryl methyl sites for hydroxylation is 1. The minimum atomic E-state index is -1.10. The highest BCUT2D eigenvalue weighted by atomic mass is 32.1. The molecule has 0 saturated heterocycles. The van der Waals surface area contributed by atoms with Crippen LogP contribution in [-0.2, 0) is 6.42 Å². The van der Waals surface area contributed by atoms with Gasteiger partial charge in [-0.05, 0) is 12.5 Å². The number of hydrogen-bond acceptors (Lipinski definition) is 4. The Morgan fingerprint density at radius 1 is 1.48 bits per heavy atom. The van der Waals surface area contributed by atoms with Crippen molar-refractivity contribution in [3.63, 3.8) is 0 Å². The van der Waals surface area contributed by atoms with Crippen LogP contribution in [0.15, 0.2) is 29.6 Å². The summed E-state index contributed by atoms with van der Waals surface area (Å²) in [6.07, 6.45) is -0.300. The van der Waals surface area contributed by atoms with Crippen molar-refractivity contribution < 1.29 is 14.3 Å². The summed E-state index contributed by atoms with van der Waals surface area (Å²) >= 11 is 1.33. The first-order chi connectivity index (χ1) is 10.1. The van der Waals surface area contributed by atoms with Crippen LogP contribution >= 0.6 is 11.3 Å².